The third-order valence-corrected chi connectivity index (χ3v) is 3.15. The minimum Gasteiger partial charge on any atom is -0.379 e. The van der Waals surface area contributed by atoms with Crippen LogP contribution >= 0.6 is 11.8 Å². The fraction of sp³-hybridized carbons (Fsp3) is 0.556. The van der Waals surface area contributed by atoms with E-state index in [4.69, 9.17) is 4.74 Å². The molecule has 2 heterocycles. The summed E-state index contributed by atoms with van der Waals surface area (Å²) in [4.78, 5) is 3.59. The maximum absolute atomic E-state index is 5.10. The molecule has 0 fully saturated rings. The molecule has 2 aliphatic rings. The van der Waals surface area contributed by atoms with E-state index < -0.39 is 0 Å². The van der Waals surface area contributed by atoms with Crippen molar-refractivity contribution >= 4 is 11.8 Å². The second kappa shape index (κ2) is 4.17. The van der Waals surface area contributed by atoms with Gasteiger partial charge in [0.15, 0.2) is 0 Å². The summed E-state index contributed by atoms with van der Waals surface area (Å²) in [6, 6.07) is 0. The summed E-state index contributed by atoms with van der Waals surface area (Å²) < 4.78 is 5.10. The summed E-state index contributed by atoms with van der Waals surface area (Å²) >= 11 is 1.82. The van der Waals surface area contributed by atoms with Crippen molar-refractivity contribution in [3.05, 3.63) is 22.2 Å². The molecule has 13 heavy (non-hydrogen) atoms. The summed E-state index contributed by atoms with van der Waals surface area (Å²) in [6.07, 6.45) is 4.42. The van der Waals surface area contributed by atoms with E-state index in [1.807, 2.05) is 11.8 Å². The van der Waals surface area contributed by atoms with Gasteiger partial charge in [0.1, 0.15) is 0 Å². The molecule has 0 aliphatic carbocycles. The van der Waals surface area contributed by atoms with Crippen molar-refractivity contribution in [2.24, 2.45) is 0 Å². The summed E-state index contributed by atoms with van der Waals surface area (Å²) in [6.45, 7) is 3.82. The average molecular weight is 198 g/mol. The number of hydrogen-bond acceptors (Lipinski definition) is 4. The van der Waals surface area contributed by atoms with E-state index in [1.54, 1.807) is 7.11 Å². The van der Waals surface area contributed by atoms with Crippen LogP contribution in [0.2, 0.25) is 0 Å². The molecule has 3 nitrogen and oxygen atoms in total. The fourth-order valence-electron chi connectivity index (χ4n) is 1.46. The molecule has 0 aromatic rings. The molecule has 0 radical (unpaired) electrons. The Bertz CT molecular complexity index is 250. The molecule has 0 saturated heterocycles. The first kappa shape index (κ1) is 9.12. The molecule has 0 amide bonds. The number of fused-ring (bicyclic) bond motifs is 1. The smallest absolute Gasteiger partial charge is 0.0790 e. The van der Waals surface area contributed by atoms with Crippen molar-refractivity contribution < 1.29 is 4.74 Å². The van der Waals surface area contributed by atoms with Gasteiger partial charge in [-0.15, -0.1) is 0 Å². The van der Waals surface area contributed by atoms with E-state index in [2.05, 4.69) is 22.5 Å². The predicted molar refractivity (Wildman–Crippen MR) is 55.2 cm³/mol. The van der Waals surface area contributed by atoms with Gasteiger partial charge in [-0.3, -0.25) is 0 Å². The standard InChI is InChI=1S/C9H14N2OS/c1-12-7-8-6-11-5-4-10-3-2-9(11)13-8/h2,6,10H,3-5,7H2,1H3. The van der Waals surface area contributed by atoms with Crippen LogP contribution in [0.25, 0.3) is 0 Å². The topological polar surface area (TPSA) is 24.5 Å². The Morgan fingerprint density at radius 1 is 1.69 bits per heavy atom. The Morgan fingerprint density at radius 2 is 2.62 bits per heavy atom. The van der Waals surface area contributed by atoms with E-state index in [0.29, 0.717) is 0 Å². The van der Waals surface area contributed by atoms with Crippen molar-refractivity contribution in [2.75, 3.05) is 33.4 Å². The quantitative estimate of drug-likeness (QED) is 0.714. The van der Waals surface area contributed by atoms with E-state index >= 15 is 0 Å². The van der Waals surface area contributed by atoms with Gasteiger partial charge < -0.3 is 15.0 Å². The van der Waals surface area contributed by atoms with Crippen molar-refractivity contribution in [1.29, 1.82) is 0 Å². The molecule has 2 aliphatic heterocycles. The normalized spacial score (nSPS) is 22.1. The minimum atomic E-state index is 0.728. The first-order valence-corrected chi connectivity index (χ1v) is 5.27. The fourth-order valence-corrected chi connectivity index (χ4v) is 2.51. The highest BCUT2D eigenvalue weighted by Crippen LogP contribution is 2.35. The van der Waals surface area contributed by atoms with Crippen molar-refractivity contribution in [1.82, 2.24) is 10.2 Å². The van der Waals surface area contributed by atoms with Crippen LogP contribution in [0.3, 0.4) is 0 Å². The van der Waals surface area contributed by atoms with E-state index in [9.17, 15) is 0 Å². The van der Waals surface area contributed by atoms with Crippen molar-refractivity contribution in [3.63, 3.8) is 0 Å². The number of thioether (sulfide) groups is 1. The van der Waals surface area contributed by atoms with Gasteiger partial charge in [0, 0.05) is 37.8 Å². The molecule has 72 valence electrons. The van der Waals surface area contributed by atoms with Gasteiger partial charge in [0.05, 0.1) is 11.6 Å². The zero-order valence-electron chi connectivity index (χ0n) is 7.75. The molecule has 1 N–H and O–H groups in total. The second-order valence-corrected chi connectivity index (χ2v) is 4.22. The Balaban J connectivity index is 2.04. The summed E-state index contributed by atoms with van der Waals surface area (Å²) in [5, 5.41) is 4.68. The van der Waals surface area contributed by atoms with Crippen LogP contribution in [0.5, 0.6) is 0 Å². The molecule has 4 heteroatoms. The van der Waals surface area contributed by atoms with Gasteiger partial charge in [0.2, 0.25) is 0 Å². The number of methoxy groups -OCH3 is 1. The third kappa shape index (κ3) is 2.07. The molecular weight excluding hydrogens is 184 g/mol. The van der Waals surface area contributed by atoms with Crippen LogP contribution in [0, 0.1) is 0 Å². The van der Waals surface area contributed by atoms with E-state index in [-0.39, 0.29) is 0 Å². The Labute approximate surface area is 82.8 Å². The number of hydrogen-bond donors (Lipinski definition) is 1. The maximum atomic E-state index is 5.10. The monoisotopic (exact) mass is 198 g/mol. The van der Waals surface area contributed by atoms with Gasteiger partial charge >= 0.3 is 0 Å². The lowest BCUT2D eigenvalue weighted by atomic mass is 10.5. The molecule has 0 saturated carbocycles. The minimum absolute atomic E-state index is 0.728. The van der Waals surface area contributed by atoms with Gasteiger partial charge in [-0.1, -0.05) is 11.8 Å². The van der Waals surface area contributed by atoms with Crippen LogP contribution in [-0.4, -0.2) is 38.3 Å². The summed E-state index contributed by atoms with van der Waals surface area (Å²) in [5.74, 6) is 0. The molecule has 2 rings (SSSR count). The maximum Gasteiger partial charge on any atom is 0.0790 e. The Kier molecular flexibility index (Phi) is 2.93. The molecule has 0 spiro atoms. The van der Waals surface area contributed by atoms with Crippen LogP contribution in [-0.2, 0) is 4.74 Å². The van der Waals surface area contributed by atoms with Crippen LogP contribution in [0.1, 0.15) is 0 Å². The molecule has 0 bridgehead atoms. The van der Waals surface area contributed by atoms with Crippen LogP contribution in [0.4, 0.5) is 0 Å². The summed E-state index contributed by atoms with van der Waals surface area (Å²) in [5.41, 5.74) is 0. The number of ether oxygens (including phenoxy) is 1. The van der Waals surface area contributed by atoms with E-state index in [1.165, 1.54) is 9.93 Å². The summed E-state index contributed by atoms with van der Waals surface area (Å²) in [7, 11) is 1.74. The third-order valence-electron chi connectivity index (χ3n) is 2.06. The molecule has 0 aromatic carbocycles. The number of nitrogens with zero attached hydrogens (tertiary/aromatic N) is 1. The lowest BCUT2D eigenvalue weighted by Crippen LogP contribution is -2.22. The first-order chi connectivity index (χ1) is 6.40. The van der Waals surface area contributed by atoms with Gasteiger partial charge in [0.25, 0.3) is 0 Å². The Morgan fingerprint density at radius 3 is 3.46 bits per heavy atom. The molecule has 0 unspecified atom stereocenters. The molecule has 0 atom stereocenters. The lowest BCUT2D eigenvalue weighted by Gasteiger charge is -2.13. The number of rotatable bonds is 2. The highest BCUT2D eigenvalue weighted by Gasteiger charge is 2.19. The van der Waals surface area contributed by atoms with Crippen molar-refractivity contribution in [2.45, 2.75) is 0 Å². The van der Waals surface area contributed by atoms with Gasteiger partial charge in [-0.05, 0) is 6.08 Å². The zero-order valence-corrected chi connectivity index (χ0v) is 8.56. The molecule has 0 aromatic heterocycles. The van der Waals surface area contributed by atoms with Gasteiger partial charge in [-0.2, -0.15) is 0 Å². The molecular formula is C9H14N2OS. The lowest BCUT2D eigenvalue weighted by molar-refractivity contribution is 0.231. The highest BCUT2D eigenvalue weighted by atomic mass is 32.2. The van der Waals surface area contributed by atoms with Gasteiger partial charge in [-0.25, -0.2) is 0 Å². The SMILES string of the molecule is COCC1=CN2CCNCC=C2S1. The zero-order chi connectivity index (χ0) is 9.10. The average Bonchev–Trinajstić information content (AvgIpc) is 2.37. The van der Waals surface area contributed by atoms with Crippen LogP contribution < -0.4 is 5.32 Å². The largest absolute Gasteiger partial charge is 0.379 e. The Hall–Kier alpha value is -0.450. The number of nitrogens with one attached hydrogen (secondary N) is 1. The predicted octanol–water partition coefficient (Wildman–Crippen LogP) is 0.968. The van der Waals surface area contributed by atoms with E-state index in [0.717, 1.165) is 26.2 Å². The van der Waals surface area contributed by atoms with Crippen molar-refractivity contribution in [3.8, 4) is 0 Å². The van der Waals surface area contributed by atoms with Crippen LogP contribution in [0.15, 0.2) is 22.2 Å². The first-order valence-electron chi connectivity index (χ1n) is 4.45. The second-order valence-electron chi connectivity index (χ2n) is 3.07. The highest BCUT2D eigenvalue weighted by molar-refractivity contribution is 8.06.